The third-order valence-corrected chi connectivity index (χ3v) is 0.937. The van der Waals surface area contributed by atoms with Crippen LogP contribution in [0.1, 0.15) is 6.92 Å². The molecule has 0 fully saturated rings. The standard InChI is InChI=1S/C6H13ClO3/c1-6(7)10-5-4-9-3-2-8/h6,8H,2-5H2,1H3. The van der Waals surface area contributed by atoms with Crippen molar-refractivity contribution in [3.63, 3.8) is 0 Å². The van der Waals surface area contributed by atoms with Crippen molar-refractivity contribution >= 4 is 11.6 Å². The Morgan fingerprint density at radius 3 is 2.60 bits per heavy atom. The van der Waals surface area contributed by atoms with Gasteiger partial charge in [-0.05, 0) is 6.92 Å². The average molecular weight is 169 g/mol. The minimum absolute atomic E-state index is 0.0520. The van der Waals surface area contributed by atoms with E-state index in [-0.39, 0.29) is 12.2 Å². The van der Waals surface area contributed by atoms with E-state index in [9.17, 15) is 0 Å². The fourth-order valence-corrected chi connectivity index (χ4v) is 0.525. The summed E-state index contributed by atoms with van der Waals surface area (Å²) < 4.78 is 9.85. The molecule has 0 aromatic carbocycles. The van der Waals surface area contributed by atoms with Crippen molar-refractivity contribution in [2.45, 2.75) is 12.5 Å². The number of rotatable bonds is 6. The highest BCUT2D eigenvalue weighted by Gasteiger charge is 1.93. The van der Waals surface area contributed by atoms with Gasteiger partial charge >= 0.3 is 0 Å². The summed E-state index contributed by atoms with van der Waals surface area (Å²) in [4.78, 5) is 0. The normalized spacial score (nSPS) is 13.5. The maximum absolute atomic E-state index is 8.28. The molecule has 62 valence electrons. The summed E-state index contributed by atoms with van der Waals surface area (Å²) in [7, 11) is 0. The van der Waals surface area contributed by atoms with Gasteiger partial charge in [0.25, 0.3) is 0 Å². The number of hydrogen-bond acceptors (Lipinski definition) is 3. The molecule has 3 nitrogen and oxygen atoms in total. The average Bonchev–Trinajstić information content (AvgIpc) is 1.87. The van der Waals surface area contributed by atoms with Gasteiger partial charge in [-0.15, -0.1) is 0 Å². The van der Waals surface area contributed by atoms with Gasteiger partial charge in [-0.3, -0.25) is 0 Å². The van der Waals surface area contributed by atoms with Crippen LogP contribution in [0, 0.1) is 0 Å². The molecule has 0 aliphatic heterocycles. The quantitative estimate of drug-likeness (QED) is 0.466. The number of aliphatic hydroxyl groups excluding tert-OH is 1. The summed E-state index contributed by atoms with van der Waals surface area (Å²) in [6.45, 7) is 3.12. The molecule has 0 aliphatic rings. The van der Waals surface area contributed by atoms with Gasteiger partial charge in [0.15, 0.2) is 0 Å². The van der Waals surface area contributed by atoms with E-state index < -0.39 is 0 Å². The van der Waals surface area contributed by atoms with Crippen molar-refractivity contribution in [1.29, 1.82) is 0 Å². The molecule has 4 heteroatoms. The Bertz CT molecular complexity index is 68.0. The van der Waals surface area contributed by atoms with Crippen LogP contribution in [0.25, 0.3) is 0 Å². The molecule has 1 atom stereocenters. The highest BCUT2D eigenvalue weighted by atomic mass is 35.5. The number of aliphatic hydroxyl groups is 1. The van der Waals surface area contributed by atoms with Crippen LogP contribution in [-0.4, -0.2) is 37.1 Å². The number of halogens is 1. The summed E-state index contributed by atoms with van der Waals surface area (Å²) in [5.74, 6) is 0. The van der Waals surface area contributed by atoms with Crippen molar-refractivity contribution in [3.05, 3.63) is 0 Å². The molecule has 1 N–H and O–H groups in total. The summed E-state index contributed by atoms with van der Waals surface area (Å²) in [6, 6.07) is 0. The lowest BCUT2D eigenvalue weighted by Crippen LogP contribution is -2.09. The van der Waals surface area contributed by atoms with Gasteiger partial charge in [0.2, 0.25) is 0 Å². The van der Waals surface area contributed by atoms with Gasteiger partial charge in [0.05, 0.1) is 26.4 Å². The Balaban J connectivity index is 2.77. The van der Waals surface area contributed by atoms with Crippen LogP contribution in [0.4, 0.5) is 0 Å². The molecule has 0 saturated carbocycles. The smallest absolute Gasteiger partial charge is 0.128 e. The summed E-state index contributed by atoms with van der Waals surface area (Å²) in [6.07, 6.45) is 0. The first kappa shape index (κ1) is 10.2. The Morgan fingerprint density at radius 1 is 1.40 bits per heavy atom. The second-order valence-electron chi connectivity index (χ2n) is 1.75. The molecule has 0 radical (unpaired) electrons. The van der Waals surface area contributed by atoms with E-state index in [0.29, 0.717) is 19.8 Å². The molecule has 0 spiro atoms. The molecule has 0 amide bonds. The summed E-state index contributed by atoms with van der Waals surface area (Å²) in [5, 5.41) is 8.28. The van der Waals surface area contributed by atoms with Crippen molar-refractivity contribution in [3.8, 4) is 0 Å². The monoisotopic (exact) mass is 168 g/mol. The zero-order chi connectivity index (χ0) is 7.82. The van der Waals surface area contributed by atoms with Crippen LogP contribution >= 0.6 is 11.6 Å². The van der Waals surface area contributed by atoms with Crippen molar-refractivity contribution in [1.82, 2.24) is 0 Å². The third kappa shape index (κ3) is 8.17. The van der Waals surface area contributed by atoms with Gasteiger partial charge in [-0.1, -0.05) is 11.6 Å². The fourth-order valence-electron chi connectivity index (χ4n) is 0.436. The molecule has 1 unspecified atom stereocenters. The highest BCUT2D eigenvalue weighted by molar-refractivity contribution is 6.19. The Hall–Kier alpha value is 0.170. The molecule has 0 saturated heterocycles. The molecule has 0 aromatic rings. The van der Waals surface area contributed by atoms with Crippen LogP contribution in [0.3, 0.4) is 0 Å². The summed E-state index contributed by atoms with van der Waals surface area (Å²) >= 11 is 5.46. The van der Waals surface area contributed by atoms with Crippen LogP contribution < -0.4 is 0 Å². The largest absolute Gasteiger partial charge is 0.394 e. The van der Waals surface area contributed by atoms with Crippen LogP contribution in [0.15, 0.2) is 0 Å². The topological polar surface area (TPSA) is 38.7 Å². The van der Waals surface area contributed by atoms with Gasteiger partial charge in [-0.25, -0.2) is 0 Å². The predicted molar refractivity (Wildman–Crippen MR) is 39.2 cm³/mol. The second kappa shape index (κ2) is 7.28. The molecule has 0 aromatic heterocycles. The minimum Gasteiger partial charge on any atom is -0.394 e. The predicted octanol–water partition coefficient (Wildman–Crippen LogP) is 0.597. The van der Waals surface area contributed by atoms with Gasteiger partial charge < -0.3 is 14.6 Å². The first-order valence-electron chi connectivity index (χ1n) is 3.21. The van der Waals surface area contributed by atoms with Crippen LogP contribution in [-0.2, 0) is 9.47 Å². The molecule has 0 bridgehead atoms. The van der Waals surface area contributed by atoms with E-state index in [1.54, 1.807) is 6.92 Å². The molecule has 10 heavy (non-hydrogen) atoms. The van der Waals surface area contributed by atoms with E-state index >= 15 is 0 Å². The van der Waals surface area contributed by atoms with Gasteiger partial charge in [0, 0.05) is 0 Å². The number of ether oxygens (including phenoxy) is 2. The van der Waals surface area contributed by atoms with Gasteiger partial charge in [0.1, 0.15) is 5.56 Å². The zero-order valence-corrected chi connectivity index (χ0v) is 6.80. The molecule has 0 aliphatic carbocycles. The highest BCUT2D eigenvalue weighted by Crippen LogP contribution is 1.94. The SMILES string of the molecule is CC(Cl)OCCOCCO. The van der Waals surface area contributed by atoms with E-state index in [1.807, 2.05) is 0 Å². The third-order valence-electron chi connectivity index (χ3n) is 0.811. The van der Waals surface area contributed by atoms with Crippen molar-refractivity contribution < 1.29 is 14.6 Å². The lowest BCUT2D eigenvalue weighted by molar-refractivity contribution is 0.0272. The first-order valence-corrected chi connectivity index (χ1v) is 3.65. The van der Waals surface area contributed by atoms with E-state index in [1.165, 1.54) is 0 Å². The van der Waals surface area contributed by atoms with E-state index in [0.717, 1.165) is 0 Å². The van der Waals surface area contributed by atoms with Crippen LogP contribution in [0.5, 0.6) is 0 Å². The Labute approximate surface area is 65.9 Å². The number of alkyl halides is 1. The number of hydrogen-bond donors (Lipinski definition) is 1. The van der Waals surface area contributed by atoms with Crippen molar-refractivity contribution in [2.24, 2.45) is 0 Å². The first-order chi connectivity index (χ1) is 4.77. The Morgan fingerprint density at radius 2 is 2.10 bits per heavy atom. The molecule has 0 heterocycles. The molecule has 0 rings (SSSR count). The van der Waals surface area contributed by atoms with Crippen LogP contribution in [0.2, 0.25) is 0 Å². The van der Waals surface area contributed by atoms with E-state index in [2.05, 4.69) is 0 Å². The Kier molecular flexibility index (Phi) is 7.40. The summed E-state index contributed by atoms with van der Waals surface area (Å²) in [5.41, 5.74) is -0.266. The fraction of sp³-hybridized carbons (Fsp3) is 1.00. The minimum atomic E-state index is -0.266. The lowest BCUT2D eigenvalue weighted by Gasteiger charge is -2.04. The molecular weight excluding hydrogens is 156 g/mol. The lowest BCUT2D eigenvalue weighted by atomic mass is 10.7. The zero-order valence-electron chi connectivity index (χ0n) is 6.05. The maximum Gasteiger partial charge on any atom is 0.128 e. The molecular formula is C6H13ClO3. The maximum atomic E-state index is 8.28. The van der Waals surface area contributed by atoms with Gasteiger partial charge in [-0.2, -0.15) is 0 Å². The second-order valence-corrected chi connectivity index (χ2v) is 2.36. The van der Waals surface area contributed by atoms with E-state index in [4.69, 9.17) is 26.2 Å². The van der Waals surface area contributed by atoms with Crippen molar-refractivity contribution in [2.75, 3.05) is 26.4 Å².